The summed E-state index contributed by atoms with van der Waals surface area (Å²) in [5, 5.41) is 4.41. The van der Waals surface area contributed by atoms with Crippen LogP contribution in [-0.4, -0.2) is 85.5 Å². The van der Waals surface area contributed by atoms with Gasteiger partial charge in [0.25, 0.3) is 0 Å². The number of benzene rings is 1. The minimum atomic E-state index is -3.44. The predicted octanol–water partition coefficient (Wildman–Crippen LogP) is 1.77. The number of hydrogen-bond acceptors (Lipinski definition) is 10. The second-order valence-electron chi connectivity index (χ2n) is 8.79. The maximum Gasteiger partial charge on any atom is 0.230 e. The normalized spacial score (nSPS) is 15.0. The van der Waals surface area contributed by atoms with Crippen LogP contribution in [0.4, 0.5) is 22.0 Å². The highest BCUT2D eigenvalue weighted by molar-refractivity contribution is 7.90. The summed E-state index contributed by atoms with van der Waals surface area (Å²) in [4.78, 5) is 15.1. The lowest BCUT2D eigenvalue weighted by atomic mass is 10.2. The molecule has 5 rings (SSSR count). The second kappa shape index (κ2) is 9.39. The molecule has 0 spiro atoms. The van der Waals surface area contributed by atoms with Gasteiger partial charge in [0.2, 0.25) is 11.9 Å². The van der Waals surface area contributed by atoms with Crippen LogP contribution in [0.3, 0.4) is 0 Å². The van der Waals surface area contributed by atoms with Crippen molar-refractivity contribution in [3.8, 4) is 11.5 Å². The van der Waals surface area contributed by atoms with Crippen LogP contribution in [0.2, 0.25) is 0 Å². The topological polar surface area (TPSA) is 126 Å². The third-order valence-corrected chi connectivity index (χ3v) is 7.37. The van der Waals surface area contributed by atoms with E-state index in [1.807, 2.05) is 22.9 Å². The summed E-state index contributed by atoms with van der Waals surface area (Å²) in [6.45, 7) is 4.22. The average Bonchev–Trinajstić information content (AvgIpc) is 3.52. The molecule has 11 nitrogen and oxygen atoms in total. The van der Waals surface area contributed by atoms with Gasteiger partial charge in [-0.15, -0.1) is 0 Å². The van der Waals surface area contributed by atoms with Gasteiger partial charge in [-0.1, -0.05) is 0 Å². The van der Waals surface area contributed by atoms with Crippen molar-refractivity contribution in [3.63, 3.8) is 0 Å². The molecule has 0 saturated carbocycles. The molecule has 4 heterocycles. The van der Waals surface area contributed by atoms with Crippen LogP contribution >= 0.6 is 0 Å². The van der Waals surface area contributed by atoms with E-state index in [0.29, 0.717) is 48.4 Å². The van der Waals surface area contributed by atoms with Gasteiger partial charge < -0.3 is 20.0 Å². The zero-order valence-electron chi connectivity index (χ0n) is 20.0. The van der Waals surface area contributed by atoms with E-state index in [1.54, 1.807) is 24.5 Å². The molecule has 0 aliphatic carbocycles. The largest absolute Gasteiger partial charge is 0.463 e. The van der Waals surface area contributed by atoms with Gasteiger partial charge in [0.05, 0.1) is 16.8 Å². The van der Waals surface area contributed by atoms with Crippen LogP contribution in [0, 0.1) is 5.82 Å². The molecule has 0 unspecified atom stereocenters. The number of anilines is 3. The van der Waals surface area contributed by atoms with Gasteiger partial charge in [-0.2, -0.15) is 19.6 Å². The van der Waals surface area contributed by atoms with Crippen molar-refractivity contribution in [1.82, 2.24) is 24.5 Å². The van der Waals surface area contributed by atoms with E-state index in [4.69, 9.17) is 10.2 Å². The number of nitrogens with two attached hydrogens (primary N) is 1. The number of aromatic nitrogens is 4. The molecule has 1 aliphatic heterocycles. The van der Waals surface area contributed by atoms with Crippen LogP contribution in [-0.2, 0) is 9.84 Å². The molecule has 3 aromatic heterocycles. The molecule has 1 aliphatic rings. The number of piperazine rings is 1. The first-order chi connectivity index (χ1) is 17.2. The Morgan fingerprint density at radius 1 is 1.14 bits per heavy atom. The van der Waals surface area contributed by atoms with Crippen molar-refractivity contribution >= 4 is 33.1 Å². The van der Waals surface area contributed by atoms with Crippen LogP contribution in [0.5, 0.6) is 0 Å². The van der Waals surface area contributed by atoms with Gasteiger partial charge >= 0.3 is 0 Å². The van der Waals surface area contributed by atoms with Crippen molar-refractivity contribution in [2.45, 2.75) is 4.90 Å². The Labute approximate surface area is 207 Å². The smallest absolute Gasteiger partial charge is 0.230 e. The highest BCUT2D eigenvalue weighted by Gasteiger charge is 2.22. The molecule has 0 atom stereocenters. The molecular weight excluding hydrogens is 487 g/mol. The lowest BCUT2D eigenvalue weighted by Gasteiger charge is -2.36. The lowest BCUT2D eigenvalue weighted by Crippen LogP contribution is -2.48. The number of hydrogen-bond donors (Lipinski definition) is 1. The first-order valence-corrected chi connectivity index (χ1v) is 13.3. The van der Waals surface area contributed by atoms with Crippen molar-refractivity contribution < 1.29 is 17.2 Å². The minimum Gasteiger partial charge on any atom is -0.463 e. The lowest BCUT2D eigenvalue weighted by molar-refractivity contribution is 0.262. The number of halogens is 1. The van der Waals surface area contributed by atoms with Gasteiger partial charge in [-0.25, -0.2) is 12.8 Å². The Morgan fingerprint density at radius 3 is 2.58 bits per heavy atom. The number of fused-ring (bicyclic) bond motifs is 1. The molecule has 36 heavy (non-hydrogen) atoms. The van der Waals surface area contributed by atoms with E-state index in [2.05, 4.69) is 20.0 Å². The van der Waals surface area contributed by atoms with E-state index >= 15 is 0 Å². The molecular formula is C23H27FN8O3S. The Hall–Kier alpha value is -3.71. The Kier molecular flexibility index (Phi) is 6.26. The summed E-state index contributed by atoms with van der Waals surface area (Å²) in [6.07, 6.45) is 2.65. The van der Waals surface area contributed by atoms with Crippen LogP contribution in [0.1, 0.15) is 0 Å². The van der Waals surface area contributed by atoms with Gasteiger partial charge in [-0.3, -0.25) is 4.90 Å². The van der Waals surface area contributed by atoms with Crippen molar-refractivity contribution in [3.05, 3.63) is 48.5 Å². The van der Waals surface area contributed by atoms with Gasteiger partial charge in [0.15, 0.2) is 21.2 Å². The average molecular weight is 515 g/mol. The maximum atomic E-state index is 14.6. The summed E-state index contributed by atoms with van der Waals surface area (Å²) in [5.41, 5.74) is 7.75. The third-order valence-electron chi connectivity index (χ3n) is 6.26. The molecule has 2 N–H and O–H groups in total. The molecule has 0 radical (unpaired) electrons. The second-order valence-corrected chi connectivity index (χ2v) is 10.8. The summed E-state index contributed by atoms with van der Waals surface area (Å²) >= 11 is 0. The monoisotopic (exact) mass is 514 g/mol. The molecule has 13 heteroatoms. The maximum absolute atomic E-state index is 14.6. The fourth-order valence-electron chi connectivity index (χ4n) is 4.19. The number of nitrogens with zero attached hydrogens (tertiary/aromatic N) is 7. The number of likely N-dealkylation sites (N-methyl/N-ethyl adjacent to an activating group) is 1. The van der Waals surface area contributed by atoms with Gasteiger partial charge in [0.1, 0.15) is 11.5 Å². The van der Waals surface area contributed by atoms with Crippen LogP contribution in [0.25, 0.3) is 17.1 Å². The minimum absolute atomic E-state index is 0.0143. The van der Waals surface area contributed by atoms with Crippen molar-refractivity contribution in [2.75, 3.05) is 68.1 Å². The molecule has 4 aromatic rings. The Bertz CT molecular complexity index is 1480. The summed E-state index contributed by atoms with van der Waals surface area (Å²) in [5.74, 6) is 0.834. The first kappa shape index (κ1) is 24.0. The highest BCUT2D eigenvalue weighted by Crippen LogP contribution is 2.24. The molecule has 1 fully saturated rings. The summed E-state index contributed by atoms with van der Waals surface area (Å²) in [7, 11) is -1.54. The fourth-order valence-corrected chi connectivity index (χ4v) is 4.82. The van der Waals surface area contributed by atoms with Crippen LogP contribution < -0.4 is 15.5 Å². The molecule has 1 saturated heterocycles. The zero-order chi connectivity index (χ0) is 25.4. The number of nitrogen functional groups attached to an aromatic ring is 1. The van der Waals surface area contributed by atoms with Crippen molar-refractivity contribution in [1.29, 1.82) is 0 Å². The quantitative estimate of drug-likeness (QED) is 0.390. The van der Waals surface area contributed by atoms with Crippen molar-refractivity contribution in [2.24, 2.45) is 0 Å². The SMILES string of the molecule is CN(CCN1CCN(c2ccc(S(C)(=O)=O)cc2F)CC1)c1nc(N)n2nc(-c3ccco3)cc2n1. The van der Waals surface area contributed by atoms with E-state index in [0.717, 1.165) is 32.0 Å². The standard InChI is InChI=1S/C23H27FN8O3S/c1-29(23-26-21-15-18(20-4-3-13-35-20)28-32(21)22(25)27-23)7-8-30-9-11-31(12-10-30)19-6-5-16(14-17(19)24)36(2,33)34/h3-6,13-15H,7-12H2,1-2H3,(H2,25,26,27). The third kappa shape index (κ3) is 4.84. The first-order valence-electron chi connectivity index (χ1n) is 11.4. The Morgan fingerprint density at radius 2 is 1.92 bits per heavy atom. The number of rotatable bonds is 7. The molecule has 0 bridgehead atoms. The molecule has 190 valence electrons. The highest BCUT2D eigenvalue weighted by atomic mass is 32.2. The predicted molar refractivity (Wildman–Crippen MR) is 134 cm³/mol. The summed E-state index contributed by atoms with van der Waals surface area (Å²) < 4.78 is 44.8. The van der Waals surface area contributed by atoms with E-state index in [1.165, 1.54) is 10.6 Å². The zero-order valence-corrected chi connectivity index (χ0v) is 20.8. The number of furan rings is 1. The fraction of sp³-hybridized carbons (Fsp3) is 0.348. The molecule has 0 amide bonds. The Balaban J connectivity index is 1.19. The van der Waals surface area contributed by atoms with Crippen LogP contribution in [0.15, 0.2) is 52.0 Å². The number of sulfone groups is 1. The van der Waals surface area contributed by atoms with Gasteiger partial charge in [-0.05, 0) is 30.3 Å². The van der Waals surface area contributed by atoms with E-state index in [-0.39, 0.29) is 10.8 Å². The summed E-state index contributed by atoms with van der Waals surface area (Å²) in [6, 6.07) is 9.49. The van der Waals surface area contributed by atoms with E-state index in [9.17, 15) is 12.8 Å². The van der Waals surface area contributed by atoms with E-state index < -0.39 is 15.7 Å². The molecule has 1 aromatic carbocycles. The van der Waals surface area contributed by atoms with Gasteiger partial charge in [0, 0.05) is 58.6 Å².